The van der Waals surface area contributed by atoms with Crippen molar-refractivity contribution in [2.45, 2.75) is 25.7 Å². The Balaban J connectivity index is 1.91. The molecule has 0 aromatic rings. The number of hydrogen-bond acceptors (Lipinski definition) is 3. The van der Waals surface area contributed by atoms with Gasteiger partial charge >= 0.3 is 0 Å². The van der Waals surface area contributed by atoms with Crippen molar-refractivity contribution in [3.05, 3.63) is 0 Å². The Morgan fingerprint density at radius 3 is 2.75 bits per heavy atom. The summed E-state index contributed by atoms with van der Waals surface area (Å²) >= 11 is 4.28. The van der Waals surface area contributed by atoms with Crippen LogP contribution in [-0.4, -0.2) is 43.4 Å². The van der Waals surface area contributed by atoms with E-state index < -0.39 is 0 Å². The first-order valence-corrected chi connectivity index (χ1v) is 6.70. The number of methoxy groups -OCH3 is 1. The minimum Gasteiger partial charge on any atom is -0.384 e. The van der Waals surface area contributed by atoms with Crippen molar-refractivity contribution in [1.82, 2.24) is 4.90 Å². The molecule has 0 aromatic carbocycles. The van der Waals surface area contributed by atoms with Crippen LogP contribution in [0.3, 0.4) is 0 Å². The Labute approximate surface area is 103 Å². The number of carbonyl (C=O) groups is 1. The standard InChI is InChI=1S/C12H21NO2S/c1-15-9-12(3-2-4-12)8-13-6-10(7-16)5-11(13)14/h10,16H,2-9H2,1H3. The molecule has 1 saturated carbocycles. The fourth-order valence-corrected chi connectivity index (χ4v) is 3.11. The molecule has 3 nitrogen and oxygen atoms in total. The molecule has 1 saturated heterocycles. The third kappa shape index (κ3) is 2.38. The molecule has 0 radical (unpaired) electrons. The summed E-state index contributed by atoms with van der Waals surface area (Å²) in [7, 11) is 1.75. The normalized spacial score (nSPS) is 28.2. The molecule has 1 aliphatic heterocycles. The average Bonchev–Trinajstić information content (AvgIpc) is 2.56. The summed E-state index contributed by atoms with van der Waals surface area (Å²) in [5.41, 5.74) is 0.260. The van der Waals surface area contributed by atoms with Gasteiger partial charge in [0.15, 0.2) is 0 Å². The van der Waals surface area contributed by atoms with Gasteiger partial charge in [-0.1, -0.05) is 6.42 Å². The van der Waals surface area contributed by atoms with Crippen LogP contribution < -0.4 is 0 Å². The summed E-state index contributed by atoms with van der Waals surface area (Å²) in [4.78, 5) is 13.8. The van der Waals surface area contributed by atoms with Gasteiger partial charge in [0, 0.05) is 32.0 Å². The largest absolute Gasteiger partial charge is 0.384 e. The van der Waals surface area contributed by atoms with Crippen LogP contribution in [0.4, 0.5) is 0 Å². The molecule has 2 aliphatic rings. The summed E-state index contributed by atoms with van der Waals surface area (Å²) in [6.07, 6.45) is 4.38. The molecule has 0 aromatic heterocycles. The molecule has 1 aliphatic carbocycles. The molecular weight excluding hydrogens is 222 g/mol. The second-order valence-corrected chi connectivity index (χ2v) is 5.68. The highest BCUT2D eigenvalue weighted by Gasteiger charge is 2.41. The monoisotopic (exact) mass is 243 g/mol. The highest BCUT2D eigenvalue weighted by atomic mass is 32.1. The molecular formula is C12H21NO2S. The van der Waals surface area contributed by atoms with Crippen molar-refractivity contribution in [1.29, 1.82) is 0 Å². The second-order valence-electron chi connectivity index (χ2n) is 5.31. The fourth-order valence-electron chi connectivity index (χ4n) is 2.87. The van der Waals surface area contributed by atoms with Gasteiger partial charge in [0.2, 0.25) is 5.91 Å². The van der Waals surface area contributed by atoms with E-state index in [1.807, 2.05) is 4.90 Å². The van der Waals surface area contributed by atoms with Crippen LogP contribution in [0.15, 0.2) is 0 Å². The summed E-state index contributed by atoms with van der Waals surface area (Å²) in [6.45, 7) is 2.58. The van der Waals surface area contributed by atoms with E-state index in [-0.39, 0.29) is 5.41 Å². The Bertz CT molecular complexity index is 266. The molecule has 4 heteroatoms. The number of rotatable bonds is 5. The topological polar surface area (TPSA) is 29.5 Å². The minimum atomic E-state index is 0.260. The molecule has 0 spiro atoms. The van der Waals surface area contributed by atoms with E-state index >= 15 is 0 Å². The van der Waals surface area contributed by atoms with Crippen molar-refractivity contribution in [2.24, 2.45) is 11.3 Å². The lowest BCUT2D eigenvalue weighted by molar-refractivity contribution is -0.131. The van der Waals surface area contributed by atoms with Crippen molar-refractivity contribution < 1.29 is 9.53 Å². The summed E-state index contributed by atoms with van der Waals surface area (Å²) in [6, 6.07) is 0. The van der Waals surface area contributed by atoms with Gasteiger partial charge in [0.05, 0.1) is 6.61 Å². The van der Waals surface area contributed by atoms with Gasteiger partial charge < -0.3 is 9.64 Å². The van der Waals surface area contributed by atoms with Gasteiger partial charge in [-0.05, 0) is 24.5 Å². The number of carbonyl (C=O) groups excluding carboxylic acids is 1. The first-order chi connectivity index (χ1) is 7.69. The average molecular weight is 243 g/mol. The number of hydrogen-bond donors (Lipinski definition) is 1. The van der Waals surface area contributed by atoms with Crippen LogP contribution in [0.25, 0.3) is 0 Å². The highest BCUT2D eigenvalue weighted by Crippen LogP contribution is 2.42. The molecule has 1 amide bonds. The van der Waals surface area contributed by atoms with Gasteiger partial charge in [0.1, 0.15) is 0 Å². The molecule has 2 fully saturated rings. The van der Waals surface area contributed by atoms with Crippen molar-refractivity contribution in [3.63, 3.8) is 0 Å². The van der Waals surface area contributed by atoms with Crippen molar-refractivity contribution in [3.8, 4) is 0 Å². The Morgan fingerprint density at radius 2 is 2.31 bits per heavy atom. The maximum atomic E-state index is 11.8. The van der Waals surface area contributed by atoms with E-state index in [9.17, 15) is 4.79 Å². The molecule has 1 heterocycles. The van der Waals surface area contributed by atoms with Gasteiger partial charge in [-0.2, -0.15) is 12.6 Å². The molecule has 0 N–H and O–H groups in total. The minimum absolute atomic E-state index is 0.260. The number of nitrogens with zero attached hydrogens (tertiary/aromatic N) is 1. The van der Waals surface area contributed by atoms with Gasteiger partial charge in [-0.25, -0.2) is 0 Å². The Kier molecular flexibility index (Phi) is 3.80. The zero-order valence-electron chi connectivity index (χ0n) is 9.95. The van der Waals surface area contributed by atoms with Crippen LogP contribution in [0.2, 0.25) is 0 Å². The summed E-state index contributed by atoms with van der Waals surface area (Å²) in [5, 5.41) is 0. The molecule has 1 unspecified atom stereocenters. The zero-order chi connectivity index (χ0) is 11.6. The molecule has 92 valence electrons. The van der Waals surface area contributed by atoms with E-state index in [4.69, 9.17) is 4.74 Å². The predicted molar refractivity (Wildman–Crippen MR) is 66.7 cm³/mol. The van der Waals surface area contributed by atoms with Gasteiger partial charge in [-0.3, -0.25) is 4.79 Å². The van der Waals surface area contributed by atoms with Crippen LogP contribution >= 0.6 is 12.6 Å². The van der Waals surface area contributed by atoms with E-state index in [1.165, 1.54) is 19.3 Å². The van der Waals surface area contributed by atoms with Crippen LogP contribution in [-0.2, 0) is 9.53 Å². The Morgan fingerprint density at radius 1 is 1.56 bits per heavy atom. The van der Waals surface area contributed by atoms with Crippen LogP contribution in [0, 0.1) is 11.3 Å². The maximum absolute atomic E-state index is 11.8. The number of amides is 1. The number of thiol groups is 1. The lowest BCUT2D eigenvalue weighted by Gasteiger charge is -2.43. The van der Waals surface area contributed by atoms with E-state index in [0.29, 0.717) is 18.2 Å². The number of likely N-dealkylation sites (tertiary alicyclic amines) is 1. The fraction of sp³-hybridized carbons (Fsp3) is 0.917. The molecule has 2 rings (SSSR count). The lowest BCUT2D eigenvalue weighted by Crippen LogP contribution is -2.45. The highest BCUT2D eigenvalue weighted by molar-refractivity contribution is 7.80. The van der Waals surface area contributed by atoms with E-state index in [2.05, 4.69) is 12.6 Å². The van der Waals surface area contributed by atoms with Gasteiger partial charge in [0.25, 0.3) is 0 Å². The Hall–Kier alpha value is -0.220. The second kappa shape index (κ2) is 4.96. The smallest absolute Gasteiger partial charge is 0.222 e. The first kappa shape index (κ1) is 12.2. The number of ether oxygens (including phenoxy) is 1. The van der Waals surface area contributed by atoms with Crippen molar-refractivity contribution in [2.75, 3.05) is 32.6 Å². The van der Waals surface area contributed by atoms with E-state index in [0.717, 1.165) is 25.4 Å². The molecule has 1 atom stereocenters. The molecule has 16 heavy (non-hydrogen) atoms. The SMILES string of the molecule is COCC1(CN2CC(CS)CC2=O)CCC1. The predicted octanol–water partition coefficient (Wildman–Crippen LogP) is 1.58. The third-order valence-electron chi connectivity index (χ3n) is 3.94. The molecule has 0 bridgehead atoms. The summed E-state index contributed by atoms with van der Waals surface area (Å²) < 4.78 is 5.29. The van der Waals surface area contributed by atoms with Gasteiger partial charge in [-0.15, -0.1) is 0 Å². The van der Waals surface area contributed by atoms with E-state index in [1.54, 1.807) is 7.11 Å². The lowest BCUT2D eigenvalue weighted by atomic mass is 9.69. The zero-order valence-corrected chi connectivity index (χ0v) is 10.8. The van der Waals surface area contributed by atoms with Crippen LogP contribution in [0.5, 0.6) is 0 Å². The quantitative estimate of drug-likeness (QED) is 0.743. The third-order valence-corrected chi connectivity index (χ3v) is 4.46. The first-order valence-electron chi connectivity index (χ1n) is 6.07. The maximum Gasteiger partial charge on any atom is 0.222 e. The summed E-state index contributed by atoms with van der Waals surface area (Å²) in [5.74, 6) is 1.58. The van der Waals surface area contributed by atoms with Crippen LogP contribution in [0.1, 0.15) is 25.7 Å². The van der Waals surface area contributed by atoms with Crippen molar-refractivity contribution >= 4 is 18.5 Å².